The van der Waals surface area contributed by atoms with Gasteiger partial charge in [0.05, 0.1) is 24.0 Å². The number of aryl methyl sites for hydroxylation is 2. The Morgan fingerprint density at radius 3 is 2.83 bits per heavy atom. The fourth-order valence-electron chi connectivity index (χ4n) is 4.08. The molecular formula is C16H23N3O5. The van der Waals surface area contributed by atoms with E-state index in [0.29, 0.717) is 17.3 Å². The van der Waals surface area contributed by atoms with Gasteiger partial charge in [-0.1, -0.05) is 13.8 Å². The van der Waals surface area contributed by atoms with Crippen molar-refractivity contribution in [3.63, 3.8) is 0 Å². The summed E-state index contributed by atoms with van der Waals surface area (Å²) in [5, 5.41) is 15.2. The summed E-state index contributed by atoms with van der Waals surface area (Å²) in [7, 11) is 0. The Labute approximate surface area is 140 Å². The lowest BCUT2D eigenvalue weighted by Gasteiger charge is -2.53. The van der Waals surface area contributed by atoms with Gasteiger partial charge in [0.15, 0.2) is 0 Å². The summed E-state index contributed by atoms with van der Waals surface area (Å²) in [5.41, 5.74) is 0.665. The van der Waals surface area contributed by atoms with Gasteiger partial charge in [-0.25, -0.2) is 0 Å². The zero-order valence-corrected chi connectivity index (χ0v) is 14.4. The van der Waals surface area contributed by atoms with E-state index in [1.165, 1.54) is 4.68 Å². The second-order valence-corrected chi connectivity index (χ2v) is 7.23. The van der Waals surface area contributed by atoms with Crippen LogP contribution in [0, 0.1) is 35.3 Å². The molecule has 1 saturated carbocycles. The van der Waals surface area contributed by atoms with Gasteiger partial charge >= 0.3 is 11.7 Å². The van der Waals surface area contributed by atoms with Crippen molar-refractivity contribution in [2.24, 2.45) is 11.3 Å². The molecule has 1 aliphatic carbocycles. The van der Waals surface area contributed by atoms with Gasteiger partial charge in [0, 0.05) is 17.9 Å². The third-order valence-corrected chi connectivity index (χ3v) is 5.30. The molecule has 0 radical (unpaired) electrons. The molecule has 0 amide bonds. The molecule has 2 fully saturated rings. The van der Waals surface area contributed by atoms with Crippen LogP contribution in [0.15, 0.2) is 0 Å². The Bertz CT molecular complexity index is 681. The smallest absolute Gasteiger partial charge is 0.312 e. The molecule has 1 saturated heterocycles. The highest BCUT2D eigenvalue weighted by atomic mass is 16.6. The summed E-state index contributed by atoms with van der Waals surface area (Å²) in [6.07, 6.45) is 1.13. The number of carbonyl (C=O) groups excluding carboxylic acids is 1. The van der Waals surface area contributed by atoms with Gasteiger partial charge in [-0.05, 0) is 20.3 Å². The maximum absolute atomic E-state index is 12.2. The Morgan fingerprint density at radius 1 is 1.50 bits per heavy atom. The predicted molar refractivity (Wildman–Crippen MR) is 84.5 cm³/mol. The summed E-state index contributed by atoms with van der Waals surface area (Å²) < 4.78 is 12.9. The van der Waals surface area contributed by atoms with E-state index < -0.39 is 4.92 Å². The molecule has 1 aliphatic heterocycles. The first kappa shape index (κ1) is 16.9. The Kier molecular flexibility index (Phi) is 4.11. The van der Waals surface area contributed by atoms with Crippen LogP contribution in [0.3, 0.4) is 0 Å². The summed E-state index contributed by atoms with van der Waals surface area (Å²) in [6, 6.07) is 0. The van der Waals surface area contributed by atoms with Crippen LogP contribution in [0.4, 0.5) is 5.69 Å². The fourth-order valence-corrected chi connectivity index (χ4v) is 4.08. The lowest BCUT2D eigenvalue weighted by atomic mass is 9.59. The molecule has 8 nitrogen and oxygen atoms in total. The fraction of sp³-hybridized carbons (Fsp3) is 0.750. The maximum Gasteiger partial charge on any atom is 0.312 e. The number of nitrogens with zero attached hydrogens (tertiary/aromatic N) is 3. The van der Waals surface area contributed by atoms with Crippen molar-refractivity contribution in [1.29, 1.82) is 0 Å². The van der Waals surface area contributed by atoms with Gasteiger partial charge in [0.1, 0.15) is 17.5 Å². The third-order valence-electron chi connectivity index (χ3n) is 5.30. The molecule has 132 valence electrons. The number of aromatic nitrogens is 2. The number of hydrogen-bond donors (Lipinski definition) is 0. The number of hydrogen-bond acceptors (Lipinski definition) is 6. The van der Waals surface area contributed by atoms with Crippen LogP contribution in [-0.2, 0) is 20.8 Å². The molecule has 1 aromatic rings. The molecule has 2 aliphatic rings. The number of carbonyl (C=O) groups is 1. The Morgan fingerprint density at radius 2 is 2.21 bits per heavy atom. The average Bonchev–Trinajstić information content (AvgIpc) is 3.06. The molecular weight excluding hydrogens is 314 g/mol. The van der Waals surface area contributed by atoms with Gasteiger partial charge in [-0.2, -0.15) is 5.10 Å². The minimum absolute atomic E-state index is 0.00874. The van der Waals surface area contributed by atoms with Crippen LogP contribution in [0.2, 0.25) is 0 Å². The van der Waals surface area contributed by atoms with Crippen LogP contribution < -0.4 is 0 Å². The highest BCUT2D eigenvalue weighted by molar-refractivity contribution is 5.69. The Hall–Kier alpha value is -1.96. The first-order valence-corrected chi connectivity index (χ1v) is 8.23. The third kappa shape index (κ3) is 2.58. The highest BCUT2D eigenvalue weighted by Gasteiger charge is 2.61. The largest absolute Gasteiger partial charge is 0.461 e. The first-order chi connectivity index (χ1) is 11.2. The molecule has 1 aromatic heterocycles. The van der Waals surface area contributed by atoms with Gasteiger partial charge < -0.3 is 9.47 Å². The van der Waals surface area contributed by atoms with E-state index in [9.17, 15) is 14.9 Å². The minimum Gasteiger partial charge on any atom is -0.461 e. The first-order valence-electron chi connectivity index (χ1n) is 8.23. The van der Waals surface area contributed by atoms with E-state index in [2.05, 4.69) is 18.9 Å². The molecule has 8 heteroatoms. The van der Waals surface area contributed by atoms with E-state index in [0.717, 1.165) is 13.0 Å². The summed E-state index contributed by atoms with van der Waals surface area (Å²) >= 11 is 0. The van der Waals surface area contributed by atoms with Crippen LogP contribution in [0.1, 0.15) is 38.1 Å². The number of rotatable bonds is 5. The number of fused-ring (bicyclic) bond motifs is 1. The normalized spacial score (nSPS) is 27.4. The minimum atomic E-state index is -0.441. The summed E-state index contributed by atoms with van der Waals surface area (Å²) in [5.74, 6) is -0.00708. The summed E-state index contributed by atoms with van der Waals surface area (Å²) in [6.45, 7) is 8.35. The molecule has 3 rings (SSSR count). The number of nitro groups is 1. The molecule has 0 bridgehead atoms. The van der Waals surface area contributed by atoms with E-state index in [4.69, 9.17) is 9.47 Å². The van der Waals surface area contributed by atoms with Gasteiger partial charge in [0.2, 0.25) is 0 Å². The quantitative estimate of drug-likeness (QED) is 0.464. The average molecular weight is 337 g/mol. The van der Waals surface area contributed by atoms with E-state index >= 15 is 0 Å². The van der Waals surface area contributed by atoms with E-state index in [-0.39, 0.29) is 42.2 Å². The van der Waals surface area contributed by atoms with Crippen molar-refractivity contribution in [2.75, 3.05) is 6.61 Å². The zero-order valence-electron chi connectivity index (χ0n) is 14.4. The molecule has 0 unspecified atom stereocenters. The van der Waals surface area contributed by atoms with Gasteiger partial charge in [-0.15, -0.1) is 0 Å². The molecule has 24 heavy (non-hydrogen) atoms. The van der Waals surface area contributed by atoms with Crippen LogP contribution in [0.5, 0.6) is 0 Å². The second-order valence-electron chi connectivity index (χ2n) is 7.23. The van der Waals surface area contributed by atoms with Crippen LogP contribution in [-0.4, -0.2) is 39.5 Å². The molecule has 0 aromatic carbocycles. The molecule has 3 atom stereocenters. The summed E-state index contributed by atoms with van der Waals surface area (Å²) in [4.78, 5) is 22.8. The maximum atomic E-state index is 12.2. The van der Waals surface area contributed by atoms with Crippen molar-refractivity contribution < 1.29 is 19.2 Å². The van der Waals surface area contributed by atoms with Gasteiger partial charge in [-0.3, -0.25) is 19.6 Å². The van der Waals surface area contributed by atoms with Crippen molar-refractivity contribution in [3.8, 4) is 0 Å². The highest BCUT2D eigenvalue weighted by Crippen LogP contribution is 2.53. The number of ether oxygens (including phenoxy) is 2. The molecule has 0 N–H and O–H groups in total. The van der Waals surface area contributed by atoms with Gasteiger partial charge in [0.25, 0.3) is 0 Å². The molecule has 0 spiro atoms. The van der Waals surface area contributed by atoms with E-state index in [1.807, 2.05) is 0 Å². The second kappa shape index (κ2) is 5.84. The predicted octanol–water partition coefficient (Wildman–Crippen LogP) is 2.15. The van der Waals surface area contributed by atoms with Crippen LogP contribution >= 0.6 is 0 Å². The Balaban J connectivity index is 1.59. The lowest BCUT2D eigenvalue weighted by molar-refractivity contribution is -0.386. The van der Waals surface area contributed by atoms with Crippen molar-refractivity contribution >= 4 is 11.7 Å². The van der Waals surface area contributed by atoms with Crippen molar-refractivity contribution in [1.82, 2.24) is 9.78 Å². The van der Waals surface area contributed by atoms with E-state index in [1.54, 1.807) is 13.8 Å². The van der Waals surface area contributed by atoms with Crippen molar-refractivity contribution in [2.45, 2.75) is 59.3 Å². The number of esters is 1. The zero-order chi connectivity index (χ0) is 17.6. The standard InChI is InChI=1S/C16H23N3O5/c1-9-13(19(21)22)10(2)18(17-9)7-5-12(20)24-15-11-6-8-23-14(11)16(15,3)4/h11,14-15H,5-8H2,1-4H3/t11-,14-,15-/m1/s1. The molecule has 2 heterocycles. The SMILES string of the molecule is Cc1nn(CCC(=O)O[C@@H]2[C@@H]3CCO[C@H]3C2(C)C)c(C)c1[N+](=O)[O-]. The lowest BCUT2D eigenvalue weighted by Crippen LogP contribution is -2.61. The topological polar surface area (TPSA) is 96.5 Å². The van der Waals surface area contributed by atoms with Crippen molar-refractivity contribution in [3.05, 3.63) is 21.5 Å². The van der Waals surface area contributed by atoms with Crippen LogP contribution in [0.25, 0.3) is 0 Å². The monoisotopic (exact) mass is 337 g/mol.